The molecule has 3 N–H and O–H groups in total. The number of benzene rings is 1. The van der Waals surface area contributed by atoms with Crippen LogP contribution in [0.2, 0.25) is 0 Å². The molecule has 248 valence electrons. The summed E-state index contributed by atoms with van der Waals surface area (Å²) >= 11 is 0. The van der Waals surface area contributed by atoms with Crippen molar-refractivity contribution in [2.75, 3.05) is 20.3 Å². The molecule has 11 nitrogen and oxygen atoms in total. The van der Waals surface area contributed by atoms with Gasteiger partial charge in [0.05, 0.1) is 13.7 Å². The van der Waals surface area contributed by atoms with E-state index in [1.54, 1.807) is 20.8 Å². The van der Waals surface area contributed by atoms with E-state index in [4.69, 9.17) is 18.9 Å². The molecule has 0 unspecified atom stereocenters. The Bertz CT molecular complexity index is 1070. The number of rotatable bonds is 14. The Morgan fingerprint density at radius 2 is 1.52 bits per heavy atom. The maximum absolute atomic E-state index is 13.5. The molecule has 11 heteroatoms. The molecular formula is C33H53N3O8. The SMILES string of the molecule is COC(=O)[C@H](Cc1cccc(OCCCCCNC(=O)OC(C)(C)C)c1)NC(=O)[C@@H](NC(=O)OC(C)(C)C)C1CCCCC1. The van der Waals surface area contributed by atoms with Crippen LogP contribution in [-0.4, -0.2) is 67.6 Å². The fourth-order valence-electron chi connectivity index (χ4n) is 4.99. The first-order valence-electron chi connectivity index (χ1n) is 15.7. The number of amides is 3. The van der Waals surface area contributed by atoms with Gasteiger partial charge in [-0.2, -0.15) is 0 Å². The molecule has 0 radical (unpaired) electrons. The Kier molecular flexibility index (Phi) is 14.8. The molecular weight excluding hydrogens is 566 g/mol. The second-order valence-corrected chi connectivity index (χ2v) is 13.3. The van der Waals surface area contributed by atoms with Gasteiger partial charge in [-0.15, -0.1) is 0 Å². The highest BCUT2D eigenvalue weighted by Gasteiger charge is 2.35. The zero-order valence-electron chi connectivity index (χ0n) is 27.6. The Hall–Kier alpha value is -3.50. The number of hydrogen-bond donors (Lipinski definition) is 3. The van der Waals surface area contributed by atoms with Crippen LogP contribution in [0, 0.1) is 5.92 Å². The summed E-state index contributed by atoms with van der Waals surface area (Å²) in [6, 6.07) is 5.58. The lowest BCUT2D eigenvalue weighted by Crippen LogP contribution is -2.56. The lowest BCUT2D eigenvalue weighted by atomic mass is 9.83. The van der Waals surface area contributed by atoms with E-state index in [1.165, 1.54) is 7.11 Å². The van der Waals surface area contributed by atoms with E-state index in [0.29, 0.717) is 18.9 Å². The number of ether oxygens (including phenoxy) is 4. The monoisotopic (exact) mass is 619 g/mol. The number of unbranched alkanes of at least 4 members (excludes halogenated alkanes) is 2. The normalized spacial score (nSPS) is 15.3. The second kappa shape index (κ2) is 17.7. The van der Waals surface area contributed by atoms with Crippen molar-refractivity contribution in [3.05, 3.63) is 29.8 Å². The van der Waals surface area contributed by atoms with Gasteiger partial charge in [-0.1, -0.05) is 31.4 Å². The number of hydrogen-bond acceptors (Lipinski definition) is 8. The van der Waals surface area contributed by atoms with E-state index in [-0.39, 0.29) is 12.3 Å². The highest BCUT2D eigenvalue weighted by atomic mass is 16.6. The van der Waals surface area contributed by atoms with Crippen LogP contribution in [-0.2, 0) is 30.2 Å². The summed E-state index contributed by atoms with van der Waals surface area (Å²) in [5.41, 5.74) is -0.446. The Balaban J connectivity index is 1.94. The summed E-state index contributed by atoms with van der Waals surface area (Å²) in [4.78, 5) is 50.6. The van der Waals surface area contributed by atoms with Crippen molar-refractivity contribution in [2.45, 2.75) is 123 Å². The molecule has 1 fully saturated rings. The van der Waals surface area contributed by atoms with Crippen LogP contribution in [0.25, 0.3) is 0 Å². The van der Waals surface area contributed by atoms with Crippen molar-refractivity contribution in [1.29, 1.82) is 0 Å². The van der Waals surface area contributed by atoms with Gasteiger partial charge >= 0.3 is 18.2 Å². The fourth-order valence-corrected chi connectivity index (χ4v) is 4.99. The van der Waals surface area contributed by atoms with Gasteiger partial charge in [-0.3, -0.25) is 4.79 Å². The fraction of sp³-hybridized carbons (Fsp3) is 0.697. The molecule has 2 rings (SSSR count). The average Bonchev–Trinajstić information content (AvgIpc) is 2.93. The topological polar surface area (TPSA) is 141 Å². The molecule has 1 aromatic rings. The Morgan fingerprint density at radius 1 is 0.864 bits per heavy atom. The number of esters is 1. The zero-order chi connectivity index (χ0) is 32.8. The van der Waals surface area contributed by atoms with Gasteiger partial charge in [-0.25, -0.2) is 14.4 Å². The lowest BCUT2D eigenvalue weighted by Gasteiger charge is -2.31. The van der Waals surface area contributed by atoms with Gasteiger partial charge in [-0.05, 0) is 97.3 Å². The molecule has 1 aliphatic carbocycles. The van der Waals surface area contributed by atoms with Crippen LogP contribution in [0.4, 0.5) is 9.59 Å². The maximum atomic E-state index is 13.5. The standard InChI is InChI=1S/C33H53N3O8/c1-32(2,3)43-30(39)34-19-12-9-13-20-42-25-18-14-15-23(21-25)22-26(29(38)41-7)35-28(37)27(24-16-10-8-11-17-24)36-31(40)44-33(4,5)6/h14-15,18,21,24,26-27H,8-13,16-17,19-20,22H2,1-7H3,(H,34,39)(H,35,37)(H,36,40)/t26-,27-/m0/s1. The van der Waals surface area contributed by atoms with E-state index >= 15 is 0 Å². The van der Waals surface area contributed by atoms with Crippen molar-refractivity contribution in [2.24, 2.45) is 5.92 Å². The summed E-state index contributed by atoms with van der Waals surface area (Å²) in [5, 5.41) is 8.34. The summed E-state index contributed by atoms with van der Waals surface area (Å²) in [6.07, 6.45) is 6.21. The smallest absolute Gasteiger partial charge is 0.408 e. The van der Waals surface area contributed by atoms with Gasteiger partial charge in [0.1, 0.15) is 29.0 Å². The van der Waals surface area contributed by atoms with Crippen molar-refractivity contribution in [3.8, 4) is 5.75 Å². The third-order valence-corrected chi connectivity index (χ3v) is 6.97. The summed E-state index contributed by atoms with van der Waals surface area (Å²) < 4.78 is 21.6. The molecule has 2 atom stereocenters. The van der Waals surface area contributed by atoms with Gasteiger partial charge in [0.2, 0.25) is 5.91 Å². The molecule has 0 bridgehead atoms. The molecule has 0 aliphatic heterocycles. The van der Waals surface area contributed by atoms with E-state index in [9.17, 15) is 19.2 Å². The minimum Gasteiger partial charge on any atom is -0.494 e. The van der Waals surface area contributed by atoms with Crippen molar-refractivity contribution in [1.82, 2.24) is 16.0 Å². The van der Waals surface area contributed by atoms with Crippen molar-refractivity contribution >= 4 is 24.1 Å². The quantitative estimate of drug-likeness (QED) is 0.142. The van der Waals surface area contributed by atoms with Crippen LogP contribution in [0.5, 0.6) is 5.75 Å². The minimum atomic E-state index is -0.952. The van der Waals surface area contributed by atoms with Crippen LogP contribution in [0.1, 0.15) is 98.5 Å². The predicted octanol–water partition coefficient (Wildman–Crippen LogP) is 5.43. The minimum absolute atomic E-state index is 0.0561. The summed E-state index contributed by atoms with van der Waals surface area (Å²) in [7, 11) is 1.28. The van der Waals surface area contributed by atoms with Gasteiger partial charge in [0, 0.05) is 13.0 Å². The molecule has 0 saturated heterocycles. The van der Waals surface area contributed by atoms with Crippen LogP contribution >= 0.6 is 0 Å². The summed E-state index contributed by atoms with van der Waals surface area (Å²) in [6.45, 7) is 11.8. The first-order chi connectivity index (χ1) is 20.7. The zero-order valence-corrected chi connectivity index (χ0v) is 27.6. The van der Waals surface area contributed by atoms with Crippen LogP contribution in [0.15, 0.2) is 24.3 Å². The summed E-state index contributed by atoms with van der Waals surface area (Å²) in [5.74, 6) is -0.425. The molecule has 1 aromatic carbocycles. The van der Waals surface area contributed by atoms with E-state index in [0.717, 1.165) is 56.9 Å². The second-order valence-electron chi connectivity index (χ2n) is 13.3. The Morgan fingerprint density at radius 3 is 2.16 bits per heavy atom. The lowest BCUT2D eigenvalue weighted by molar-refractivity contribution is -0.145. The highest BCUT2D eigenvalue weighted by Crippen LogP contribution is 2.27. The molecule has 3 amide bonds. The first kappa shape index (κ1) is 36.7. The number of alkyl carbamates (subject to hydrolysis) is 2. The van der Waals surface area contributed by atoms with E-state index in [1.807, 2.05) is 45.0 Å². The molecule has 0 aromatic heterocycles. The number of carbonyl (C=O) groups excluding carboxylic acids is 4. The largest absolute Gasteiger partial charge is 0.494 e. The molecule has 0 spiro atoms. The molecule has 1 saturated carbocycles. The van der Waals surface area contributed by atoms with Crippen molar-refractivity contribution in [3.63, 3.8) is 0 Å². The van der Waals surface area contributed by atoms with Crippen LogP contribution in [0.3, 0.4) is 0 Å². The maximum Gasteiger partial charge on any atom is 0.408 e. The van der Waals surface area contributed by atoms with Crippen LogP contribution < -0.4 is 20.7 Å². The average molecular weight is 620 g/mol. The number of methoxy groups -OCH3 is 1. The third kappa shape index (κ3) is 14.8. The molecule has 0 heterocycles. The molecule has 44 heavy (non-hydrogen) atoms. The number of carbonyl (C=O) groups is 4. The van der Waals surface area contributed by atoms with Gasteiger partial charge < -0.3 is 34.9 Å². The van der Waals surface area contributed by atoms with Gasteiger partial charge in [0.25, 0.3) is 0 Å². The highest BCUT2D eigenvalue weighted by molar-refractivity contribution is 5.90. The third-order valence-electron chi connectivity index (χ3n) is 6.97. The number of nitrogens with one attached hydrogen (secondary N) is 3. The Labute approximate surface area is 262 Å². The van der Waals surface area contributed by atoms with E-state index in [2.05, 4.69) is 16.0 Å². The van der Waals surface area contributed by atoms with E-state index < -0.39 is 47.3 Å². The van der Waals surface area contributed by atoms with Gasteiger partial charge in [0.15, 0.2) is 0 Å². The first-order valence-corrected chi connectivity index (χ1v) is 15.7. The molecule has 1 aliphatic rings. The van der Waals surface area contributed by atoms with Crippen molar-refractivity contribution < 1.29 is 38.1 Å². The predicted molar refractivity (Wildman–Crippen MR) is 167 cm³/mol.